The first-order valence-electron chi connectivity index (χ1n) is 6.74. The van der Waals surface area contributed by atoms with Crippen LogP contribution in [0.15, 0.2) is 70.0 Å². The zero-order chi connectivity index (χ0) is 15.5. The van der Waals surface area contributed by atoms with Crippen LogP contribution in [0, 0.1) is 0 Å². The molecule has 0 radical (unpaired) electrons. The molecule has 0 aliphatic carbocycles. The van der Waals surface area contributed by atoms with Gasteiger partial charge >= 0.3 is 5.63 Å². The quantitative estimate of drug-likeness (QED) is 0.342. The number of aromatic amines is 1. The Morgan fingerprint density at radius 1 is 0.955 bits per heavy atom. The molecule has 0 saturated carbocycles. The van der Waals surface area contributed by atoms with Crippen molar-refractivity contribution in [3.05, 3.63) is 71.2 Å². The highest BCUT2D eigenvalue weighted by molar-refractivity contribution is 5.90. The zero-order valence-corrected chi connectivity index (χ0v) is 11.7. The molecule has 0 atom stereocenters. The third-order valence-corrected chi connectivity index (χ3v) is 3.27. The van der Waals surface area contributed by atoms with E-state index in [4.69, 9.17) is 15.9 Å². The molecule has 4 aromatic rings. The number of nitrogens with one attached hydrogen (secondary N) is 1. The third kappa shape index (κ3) is 2.78. The van der Waals surface area contributed by atoms with Crippen LogP contribution >= 0.6 is 0 Å². The lowest BCUT2D eigenvalue weighted by Gasteiger charge is -1.95. The van der Waals surface area contributed by atoms with Gasteiger partial charge in [0.15, 0.2) is 0 Å². The molecule has 0 amide bonds. The van der Waals surface area contributed by atoms with Gasteiger partial charge in [0.25, 0.3) is 0 Å². The van der Waals surface area contributed by atoms with Gasteiger partial charge in [-0.1, -0.05) is 6.07 Å². The molecule has 110 valence electrons. The van der Waals surface area contributed by atoms with Crippen molar-refractivity contribution < 1.29 is 4.42 Å². The summed E-state index contributed by atoms with van der Waals surface area (Å²) >= 11 is 0. The standard InChI is InChI=1S/C9H7NO2.C8H8N2/c10-7-2-3-8-6(5-7)1-4-9(11)12-8;9-7-2-1-3-8-6(7)4-5-10-8/h1-5H,10H2;1-5,10H,9H2. The average Bonchev–Trinajstić information content (AvgIpc) is 2.98. The molecule has 22 heavy (non-hydrogen) atoms. The number of nitrogen functional groups attached to an aromatic ring is 2. The summed E-state index contributed by atoms with van der Waals surface area (Å²) < 4.78 is 4.91. The molecule has 5 N–H and O–H groups in total. The van der Waals surface area contributed by atoms with Gasteiger partial charge in [0, 0.05) is 39.9 Å². The van der Waals surface area contributed by atoms with Gasteiger partial charge in [0.05, 0.1) is 0 Å². The lowest BCUT2D eigenvalue weighted by Crippen LogP contribution is -1.94. The number of anilines is 2. The van der Waals surface area contributed by atoms with E-state index in [1.165, 1.54) is 6.07 Å². The molecule has 0 aliphatic rings. The highest BCUT2D eigenvalue weighted by atomic mass is 16.4. The van der Waals surface area contributed by atoms with Crippen molar-refractivity contribution in [1.82, 2.24) is 4.98 Å². The van der Waals surface area contributed by atoms with Crippen LogP contribution in [0.4, 0.5) is 11.4 Å². The number of hydrogen-bond donors (Lipinski definition) is 3. The summed E-state index contributed by atoms with van der Waals surface area (Å²) in [4.78, 5) is 13.9. The van der Waals surface area contributed by atoms with E-state index in [0.29, 0.717) is 11.3 Å². The fourth-order valence-corrected chi connectivity index (χ4v) is 2.20. The summed E-state index contributed by atoms with van der Waals surface area (Å²) in [6, 6.07) is 16.0. The maximum atomic E-state index is 10.8. The maximum absolute atomic E-state index is 10.8. The smallest absolute Gasteiger partial charge is 0.336 e. The minimum atomic E-state index is -0.340. The second-order valence-electron chi connectivity index (χ2n) is 4.84. The topological polar surface area (TPSA) is 98.0 Å². The zero-order valence-electron chi connectivity index (χ0n) is 11.7. The van der Waals surface area contributed by atoms with Crippen molar-refractivity contribution in [3.63, 3.8) is 0 Å². The van der Waals surface area contributed by atoms with Crippen LogP contribution < -0.4 is 17.1 Å². The molecule has 0 unspecified atom stereocenters. The first-order valence-corrected chi connectivity index (χ1v) is 6.74. The normalized spacial score (nSPS) is 10.4. The summed E-state index contributed by atoms with van der Waals surface area (Å²) in [7, 11) is 0. The maximum Gasteiger partial charge on any atom is 0.336 e. The van der Waals surface area contributed by atoms with Crippen LogP contribution in [-0.4, -0.2) is 4.98 Å². The van der Waals surface area contributed by atoms with Gasteiger partial charge in [-0.2, -0.15) is 0 Å². The van der Waals surface area contributed by atoms with E-state index >= 15 is 0 Å². The largest absolute Gasteiger partial charge is 0.423 e. The number of hydrogen-bond acceptors (Lipinski definition) is 4. The van der Waals surface area contributed by atoms with E-state index in [-0.39, 0.29) is 5.63 Å². The summed E-state index contributed by atoms with van der Waals surface area (Å²) in [6.07, 6.45) is 1.89. The van der Waals surface area contributed by atoms with E-state index in [1.54, 1.807) is 24.3 Å². The van der Waals surface area contributed by atoms with Gasteiger partial charge in [-0.05, 0) is 42.5 Å². The molecule has 2 aromatic heterocycles. The van der Waals surface area contributed by atoms with Gasteiger partial charge in [-0.15, -0.1) is 0 Å². The molecule has 2 aromatic carbocycles. The highest BCUT2D eigenvalue weighted by Gasteiger charge is 1.96. The van der Waals surface area contributed by atoms with Crippen molar-refractivity contribution in [2.24, 2.45) is 0 Å². The van der Waals surface area contributed by atoms with Gasteiger partial charge < -0.3 is 20.9 Å². The molecular weight excluding hydrogens is 278 g/mol. The first-order chi connectivity index (χ1) is 10.6. The Morgan fingerprint density at radius 2 is 1.82 bits per heavy atom. The lowest BCUT2D eigenvalue weighted by atomic mass is 10.2. The fourth-order valence-electron chi connectivity index (χ4n) is 2.20. The fraction of sp³-hybridized carbons (Fsp3) is 0. The Balaban J connectivity index is 0.000000133. The number of rotatable bonds is 0. The van der Waals surface area contributed by atoms with Gasteiger partial charge in [0.1, 0.15) is 5.58 Å². The number of aromatic nitrogens is 1. The molecule has 5 nitrogen and oxygen atoms in total. The molecule has 4 rings (SSSR count). The third-order valence-electron chi connectivity index (χ3n) is 3.27. The van der Waals surface area contributed by atoms with Gasteiger partial charge in [0.2, 0.25) is 0 Å². The summed E-state index contributed by atoms with van der Waals surface area (Å²) in [5.74, 6) is 0. The Labute approximate surface area is 126 Å². The molecule has 5 heteroatoms. The second kappa shape index (κ2) is 5.65. The minimum Gasteiger partial charge on any atom is -0.423 e. The second-order valence-corrected chi connectivity index (χ2v) is 4.84. The summed E-state index contributed by atoms with van der Waals surface area (Å²) in [5, 5.41) is 1.94. The predicted molar refractivity (Wildman–Crippen MR) is 89.6 cm³/mol. The van der Waals surface area contributed by atoms with Crippen molar-refractivity contribution in [1.29, 1.82) is 0 Å². The summed E-state index contributed by atoms with van der Waals surface area (Å²) in [5.41, 5.74) is 14.0. The van der Waals surface area contributed by atoms with Crippen LogP contribution in [0.5, 0.6) is 0 Å². The monoisotopic (exact) mass is 293 g/mol. The van der Waals surface area contributed by atoms with Crippen molar-refractivity contribution in [2.75, 3.05) is 11.5 Å². The summed E-state index contributed by atoms with van der Waals surface area (Å²) in [6.45, 7) is 0. The minimum absolute atomic E-state index is 0.340. The van der Waals surface area contributed by atoms with Crippen molar-refractivity contribution >= 4 is 33.2 Å². The lowest BCUT2D eigenvalue weighted by molar-refractivity contribution is 0.561. The Hall–Kier alpha value is -3.21. The number of H-pyrrole nitrogens is 1. The SMILES string of the molecule is Nc1ccc2oc(=O)ccc2c1.Nc1cccc2[nH]ccc12. The highest BCUT2D eigenvalue weighted by Crippen LogP contribution is 2.18. The predicted octanol–water partition coefficient (Wildman–Crippen LogP) is 3.13. The molecule has 0 saturated heterocycles. The van der Waals surface area contributed by atoms with Crippen LogP contribution in [0.25, 0.3) is 21.9 Å². The van der Waals surface area contributed by atoms with Gasteiger partial charge in [-0.3, -0.25) is 0 Å². The van der Waals surface area contributed by atoms with Crippen LogP contribution in [0.3, 0.4) is 0 Å². The van der Waals surface area contributed by atoms with E-state index in [2.05, 4.69) is 4.98 Å². The molecule has 2 heterocycles. The average molecular weight is 293 g/mol. The first kappa shape index (κ1) is 13.8. The molecule has 0 aliphatic heterocycles. The Kier molecular flexibility index (Phi) is 3.53. The van der Waals surface area contributed by atoms with E-state index in [1.807, 2.05) is 30.5 Å². The van der Waals surface area contributed by atoms with Gasteiger partial charge in [-0.25, -0.2) is 4.79 Å². The number of nitrogens with two attached hydrogens (primary N) is 2. The van der Waals surface area contributed by atoms with E-state index < -0.39 is 0 Å². The Bertz CT molecular complexity index is 986. The van der Waals surface area contributed by atoms with Crippen LogP contribution in [0.2, 0.25) is 0 Å². The van der Waals surface area contributed by atoms with Crippen LogP contribution in [0.1, 0.15) is 0 Å². The van der Waals surface area contributed by atoms with Crippen molar-refractivity contribution in [2.45, 2.75) is 0 Å². The molecule has 0 spiro atoms. The molecule has 0 bridgehead atoms. The van der Waals surface area contributed by atoms with E-state index in [0.717, 1.165) is 22.0 Å². The van der Waals surface area contributed by atoms with E-state index in [9.17, 15) is 4.79 Å². The number of benzene rings is 2. The molecule has 0 fully saturated rings. The van der Waals surface area contributed by atoms with Crippen LogP contribution in [-0.2, 0) is 0 Å². The Morgan fingerprint density at radius 3 is 2.64 bits per heavy atom. The van der Waals surface area contributed by atoms with Crippen molar-refractivity contribution in [3.8, 4) is 0 Å². The molecular formula is C17H15N3O2. The number of fused-ring (bicyclic) bond motifs is 2.